The lowest BCUT2D eigenvalue weighted by atomic mass is 9.71. The molecule has 6 nitrogen and oxygen atoms in total. The van der Waals surface area contributed by atoms with Crippen LogP contribution in [0.25, 0.3) is 0 Å². The molecule has 1 atom stereocenters. The molecule has 31 heavy (non-hydrogen) atoms. The minimum absolute atomic E-state index is 0. The highest BCUT2D eigenvalue weighted by Crippen LogP contribution is 2.44. The van der Waals surface area contributed by atoms with Crippen LogP contribution < -0.4 is 15.5 Å². The first kappa shape index (κ1) is 23.9. The molecular formula is C24H36ClN3O3. The summed E-state index contributed by atoms with van der Waals surface area (Å²) >= 11 is 0. The second kappa shape index (κ2) is 10.7. The number of carbonyl (C=O) groups excluding carboxylic acids is 2. The minimum Gasteiger partial charge on any atom is -0.466 e. The molecule has 2 N–H and O–H groups in total. The molecule has 1 unspecified atom stereocenters. The van der Waals surface area contributed by atoms with E-state index in [4.69, 9.17) is 4.74 Å². The van der Waals surface area contributed by atoms with Gasteiger partial charge in [0.15, 0.2) is 0 Å². The van der Waals surface area contributed by atoms with Crippen LogP contribution in [0.15, 0.2) is 18.2 Å². The number of esters is 1. The zero-order valence-electron chi connectivity index (χ0n) is 18.6. The topological polar surface area (TPSA) is 70.7 Å². The first-order valence-electron chi connectivity index (χ1n) is 11.7. The molecule has 2 fully saturated rings. The van der Waals surface area contributed by atoms with E-state index in [1.165, 1.54) is 30.4 Å². The Hall–Kier alpha value is -1.79. The van der Waals surface area contributed by atoms with E-state index in [1.54, 1.807) is 0 Å². The summed E-state index contributed by atoms with van der Waals surface area (Å²) < 4.78 is 5.22. The molecule has 0 spiro atoms. The Morgan fingerprint density at radius 3 is 2.65 bits per heavy atom. The third-order valence-electron chi connectivity index (χ3n) is 7.22. The molecule has 1 aliphatic carbocycles. The number of hydrogen-bond donors (Lipinski definition) is 2. The summed E-state index contributed by atoms with van der Waals surface area (Å²) in [6, 6.07) is 6.49. The minimum atomic E-state index is -0.360. The Morgan fingerprint density at radius 2 is 1.90 bits per heavy atom. The van der Waals surface area contributed by atoms with Gasteiger partial charge in [-0.2, -0.15) is 0 Å². The van der Waals surface area contributed by atoms with E-state index in [-0.39, 0.29) is 29.9 Å². The Balaban J connectivity index is 0.00000272. The molecule has 0 aromatic heterocycles. The van der Waals surface area contributed by atoms with Crippen LogP contribution in [0.3, 0.4) is 0 Å². The number of halogens is 1. The number of nitrogens with one attached hydrogen (secondary N) is 2. The summed E-state index contributed by atoms with van der Waals surface area (Å²) in [5.74, 6) is 0.236. The highest BCUT2D eigenvalue weighted by atomic mass is 35.5. The van der Waals surface area contributed by atoms with E-state index in [0.717, 1.165) is 44.5 Å². The van der Waals surface area contributed by atoms with Crippen LogP contribution in [-0.4, -0.2) is 43.8 Å². The van der Waals surface area contributed by atoms with Crippen molar-refractivity contribution in [1.29, 1.82) is 0 Å². The quantitative estimate of drug-likeness (QED) is 0.644. The predicted octanol–water partition coefficient (Wildman–Crippen LogP) is 3.99. The number of anilines is 1. The van der Waals surface area contributed by atoms with Crippen molar-refractivity contribution in [2.45, 2.75) is 70.3 Å². The third-order valence-corrected chi connectivity index (χ3v) is 7.22. The number of ether oxygens (including phenoxy) is 1. The molecule has 1 saturated heterocycles. The fourth-order valence-corrected chi connectivity index (χ4v) is 5.69. The number of hydrogen-bond acceptors (Lipinski definition) is 4. The number of fused-ring (bicyclic) bond motifs is 1. The van der Waals surface area contributed by atoms with E-state index in [2.05, 4.69) is 28.8 Å². The Kier molecular flexibility index (Phi) is 8.23. The van der Waals surface area contributed by atoms with Crippen molar-refractivity contribution in [3.8, 4) is 0 Å². The van der Waals surface area contributed by atoms with Gasteiger partial charge in [0.05, 0.1) is 12.1 Å². The van der Waals surface area contributed by atoms with Crippen LogP contribution in [0, 0.1) is 5.92 Å². The molecule has 0 radical (unpaired) electrons. The number of rotatable bonds is 6. The zero-order valence-corrected chi connectivity index (χ0v) is 19.4. The monoisotopic (exact) mass is 449 g/mol. The zero-order chi connectivity index (χ0) is 21.0. The lowest BCUT2D eigenvalue weighted by Crippen LogP contribution is -2.54. The summed E-state index contributed by atoms with van der Waals surface area (Å²) in [5, 5.41) is 6.59. The van der Waals surface area contributed by atoms with E-state index >= 15 is 0 Å². The summed E-state index contributed by atoms with van der Waals surface area (Å²) in [4.78, 5) is 27.4. The van der Waals surface area contributed by atoms with Crippen molar-refractivity contribution in [2.75, 3.05) is 31.1 Å². The van der Waals surface area contributed by atoms with E-state index in [0.29, 0.717) is 31.9 Å². The van der Waals surface area contributed by atoms with Gasteiger partial charge in [0.1, 0.15) is 0 Å². The van der Waals surface area contributed by atoms with Gasteiger partial charge in [0.2, 0.25) is 0 Å². The van der Waals surface area contributed by atoms with Gasteiger partial charge < -0.3 is 15.4 Å². The van der Waals surface area contributed by atoms with E-state index in [1.807, 2.05) is 11.8 Å². The molecule has 0 bridgehead atoms. The Labute approximate surface area is 191 Å². The molecule has 1 aromatic rings. The van der Waals surface area contributed by atoms with Gasteiger partial charge in [0.25, 0.3) is 0 Å². The third kappa shape index (κ3) is 5.01. The Bertz CT molecular complexity index is 781. The molecule has 7 heteroatoms. The van der Waals surface area contributed by atoms with Gasteiger partial charge in [-0.15, -0.1) is 12.4 Å². The largest absolute Gasteiger partial charge is 0.466 e. The SMILES string of the molecule is CCOC(=O)CCC1(C2CCCCC2)CNC(=O)N1c1ccc2c(c1)CCNCC2.Cl. The van der Waals surface area contributed by atoms with Crippen LogP contribution in [0.5, 0.6) is 0 Å². The first-order chi connectivity index (χ1) is 14.6. The van der Waals surface area contributed by atoms with Crippen LogP contribution in [0.4, 0.5) is 10.5 Å². The van der Waals surface area contributed by atoms with Crippen molar-refractivity contribution in [3.63, 3.8) is 0 Å². The lowest BCUT2D eigenvalue weighted by Gasteiger charge is -2.45. The van der Waals surface area contributed by atoms with E-state index < -0.39 is 0 Å². The van der Waals surface area contributed by atoms with Gasteiger partial charge in [0, 0.05) is 18.7 Å². The van der Waals surface area contributed by atoms with Gasteiger partial charge in [-0.05, 0) is 81.3 Å². The summed E-state index contributed by atoms with van der Waals surface area (Å²) in [5.41, 5.74) is 3.32. The van der Waals surface area contributed by atoms with Crippen LogP contribution in [0.1, 0.15) is 63.0 Å². The average molecular weight is 450 g/mol. The van der Waals surface area contributed by atoms with Gasteiger partial charge in [-0.1, -0.05) is 25.3 Å². The summed E-state index contributed by atoms with van der Waals surface area (Å²) in [7, 11) is 0. The maximum atomic E-state index is 13.1. The number of amides is 2. The highest BCUT2D eigenvalue weighted by molar-refractivity contribution is 5.96. The van der Waals surface area contributed by atoms with Crippen LogP contribution in [-0.2, 0) is 22.4 Å². The van der Waals surface area contributed by atoms with Crippen LogP contribution in [0.2, 0.25) is 0 Å². The normalized spacial score (nSPS) is 24.0. The van der Waals surface area contributed by atoms with Crippen molar-refractivity contribution < 1.29 is 14.3 Å². The second-order valence-electron chi connectivity index (χ2n) is 8.94. The van der Waals surface area contributed by atoms with Gasteiger partial charge in [-0.3, -0.25) is 9.69 Å². The lowest BCUT2D eigenvalue weighted by molar-refractivity contribution is -0.143. The maximum absolute atomic E-state index is 13.1. The maximum Gasteiger partial charge on any atom is 0.322 e. The standard InChI is InChI=1S/C24H35N3O3.ClH/c1-2-30-22(28)10-13-24(20-6-4-3-5-7-20)17-26-23(29)27(24)21-9-8-18-11-14-25-15-12-19(18)16-21;/h8-9,16,20,25H,2-7,10-15,17H2,1H3,(H,26,29);1H. The molecule has 1 aromatic carbocycles. The van der Waals surface area contributed by atoms with E-state index in [9.17, 15) is 9.59 Å². The van der Waals surface area contributed by atoms with Crippen molar-refractivity contribution in [2.24, 2.45) is 5.92 Å². The first-order valence-corrected chi connectivity index (χ1v) is 11.7. The number of nitrogens with zero attached hydrogens (tertiary/aromatic N) is 1. The molecule has 172 valence electrons. The van der Waals surface area contributed by atoms with Crippen LogP contribution >= 0.6 is 12.4 Å². The fraction of sp³-hybridized carbons (Fsp3) is 0.667. The molecular weight excluding hydrogens is 414 g/mol. The molecule has 2 amide bonds. The molecule has 4 rings (SSSR count). The summed E-state index contributed by atoms with van der Waals surface area (Å²) in [6.45, 7) is 4.82. The number of urea groups is 1. The molecule has 1 saturated carbocycles. The number of carbonyl (C=O) groups is 2. The fourth-order valence-electron chi connectivity index (χ4n) is 5.69. The summed E-state index contributed by atoms with van der Waals surface area (Å²) in [6.07, 6.45) is 8.90. The average Bonchev–Trinajstić information content (AvgIpc) is 2.94. The molecule has 2 aliphatic heterocycles. The number of benzene rings is 1. The van der Waals surface area contributed by atoms with Crippen molar-refractivity contribution in [3.05, 3.63) is 29.3 Å². The smallest absolute Gasteiger partial charge is 0.322 e. The highest BCUT2D eigenvalue weighted by Gasteiger charge is 2.51. The second-order valence-corrected chi connectivity index (χ2v) is 8.94. The predicted molar refractivity (Wildman–Crippen MR) is 125 cm³/mol. The van der Waals surface area contributed by atoms with Crippen molar-refractivity contribution >= 4 is 30.1 Å². The molecule has 3 aliphatic rings. The Morgan fingerprint density at radius 1 is 1.16 bits per heavy atom. The van der Waals surface area contributed by atoms with Gasteiger partial charge in [-0.25, -0.2) is 4.79 Å². The van der Waals surface area contributed by atoms with Crippen molar-refractivity contribution in [1.82, 2.24) is 10.6 Å². The van der Waals surface area contributed by atoms with Gasteiger partial charge >= 0.3 is 12.0 Å². The molecule has 2 heterocycles.